The van der Waals surface area contributed by atoms with Crippen LogP contribution in [0.15, 0.2) is 12.7 Å². The zero-order chi connectivity index (χ0) is 15.8. The van der Waals surface area contributed by atoms with Crippen LogP contribution in [0.1, 0.15) is 20.8 Å². The van der Waals surface area contributed by atoms with E-state index in [0.717, 1.165) is 0 Å². The molecule has 0 heterocycles. The summed E-state index contributed by atoms with van der Waals surface area (Å²) < 4.78 is 10.0. The van der Waals surface area contributed by atoms with Gasteiger partial charge in [-0.3, -0.25) is 10.2 Å². The summed E-state index contributed by atoms with van der Waals surface area (Å²) in [6.45, 7) is 8.56. The van der Waals surface area contributed by atoms with Gasteiger partial charge in [0.05, 0.1) is 25.9 Å². The highest BCUT2D eigenvalue weighted by atomic mass is 16.6. The molecule has 118 valence electrons. The number of hydrogen-bond acceptors (Lipinski definition) is 6. The highest BCUT2D eigenvalue weighted by molar-refractivity contribution is 5.69. The van der Waals surface area contributed by atoms with Gasteiger partial charge in [0.25, 0.3) is 0 Å². The number of ether oxygens (including phenoxy) is 2. The molecule has 3 N–H and O–H groups in total. The first kappa shape index (κ1) is 18.9. The summed E-state index contributed by atoms with van der Waals surface area (Å²) in [6, 6.07) is -0.635. The fourth-order valence-electron chi connectivity index (χ4n) is 1.40. The third kappa shape index (κ3) is 7.44. The molecule has 0 radical (unpaired) electrons. The molecule has 0 rings (SSSR count). The molecular weight excluding hydrogens is 264 g/mol. The number of hydrogen-bond donors (Lipinski definition) is 3. The van der Waals surface area contributed by atoms with Gasteiger partial charge in [-0.2, -0.15) is 0 Å². The van der Waals surface area contributed by atoms with Crippen molar-refractivity contribution in [2.45, 2.75) is 38.6 Å². The smallest absolute Gasteiger partial charge is 0.411 e. The summed E-state index contributed by atoms with van der Waals surface area (Å²) >= 11 is 0. The second-order valence-corrected chi connectivity index (χ2v) is 5.27. The molecule has 0 aliphatic rings. The zero-order valence-corrected chi connectivity index (χ0v) is 12.6. The van der Waals surface area contributed by atoms with E-state index >= 15 is 0 Å². The lowest BCUT2D eigenvalue weighted by Gasteiger charge is -2.32. The molecule has 0 saturated heterocycles. The van der Waals surface area contributed by atoms with Crippen LogP contribution in [-0.2, 0) is 9.47 Å². The SMILES string of the molecule is C=C[C@@H](CO)N(C[C@H](O)NCOC)C(=O)OC(C)(C)C. The fraction of sp³-hybridized carbons (Fsp3) is 0.769. The first-order valence-electron chi connectivity index (χ1n) is 6.38. The first-order chi connectivity index (χ1) is 9.25. The molecule has 7 nitrogen and oxygen atoms in total. The molecule has 0 aromatic rings. The molecule has 0 aromatic heterocycles. The van der Waals surface area contributed by atoms with Gasteiger partial charge in [-0.1, -0.05) is 6.08 Å². The van der Waals surface area contributed by atoms with Crippen LogP contribution < -0.4 is 5.32 Å². The van der Waals surface area contributed by atoms with E-state index in [2.05, 4.69) is 11.9 Å². The number of nitrogens with zero attached hydrogens (tertiary/aromatic N) is 1. The van der Waals surface area contributed by atoms with Gasteiger partial charge in [0.15, 0.2) is 0 Å². The largest absolute Gasteiger partial charge is 0.444 e. The summed E-state index contributed by atoms with van der Waals surface area (Å²) in [5.41, 5.74) is -0.665. The molecule has 0 aromatic carbocycles. The van der Waals surface area contributed by atoms with E-state index in [1.54, 1.807) is 20.8 Å². The van der Waals surface area contributed by atoms with Crippen molar-refractivity contribution in [2.75, 3.05) is 27.0 Å². The number of carbonyl (C=O) groups excluding carboxylic acids is 1. The Bertz CT molecular complexity index is 304. The standard InChI is InChI=1S/C13H26N2O5/c1-6-10(8-16)15(7-11(17)14-9-19-5)12(18)20-13(2,3)4/h6,10-11,14,16-17H,1,7-9H2,2-5H3/t10-,11-/m0/s1. The van der Waals surface area contributed by atoms with E-state index < -0.39 is 24.0 Å². The van der Waals surface area contributed by atoms with E-state index in [1.807, 2.05) is 0 Å². The van der Waals surface area contributed by atoms with Crippen molar-refractivity contribution in [2.24, 2.45) is 0 Å². The number of carbonyl (C=O) groups is 1. The van der Waals surface area contributed by atoms with Crippen molar-refractivity contribution >= 4 is 6.09 Å². The summed E-state index contributed by atoms with van der Waals surface area (Å²) in [5.74, 6) is 0. The average Bonchev–Trinajstić information content (AvgIpc) is 2.34. The molecule has 2 atom stereocenters. The fourth-order valence-corrected chi connectivity index (χ4v) is 1.40. The molecule has 0 aliphatic heterocycles. The molecule has 0 saturated carbocycles. The highest BCUT2D eigenvalue weighted by Gasteiger charge is 2.28. The average molecular weight is 290 g/mol. The van der Waals surface area contributed by atoms with Crippen LogP contribution in [0.25, 0.3) is 0 Å². The van der Waals surface area contributed by atoms with Gasteiger partial charge in [-0.05, 0) is 20.8 Å². The van der Waals surface area contributed by atoms with E-state index in [1.165, 1.54) is 18.1 Å². The summed E-state index contributed by atoms with van der Waals surface area (Å²) in [7, 11) is 1.48. The minimum absolute atomic E-state index is 0.0600. The number of amides is 1. The zero-order valence-electron chi connectivity index (χ0n) is 12.6. The molecule has 0 unspecified atom stereocenters. The van der Waals surface area contributed by atoms with Gasteiger partial charge in [-0.15, -0.1) is 6.58 Å². The lowest BCUT2D eigenvalue weighted by molar-refractivity contribution is -0.00691. The Morgan fingerprint density at radius 1 is 1.50 bits per heavy atom. The van der Waals surface area contributed by atoms with Crippen LogP contribution in [0.2, 0.25) is 0 Å². The minimum Gasteiger partial charge on any atom is -0.444 e. The van der Waals surface area contributed by atoms with Crippen LogP contribution in [0.3, 0.4) is 0 Å². The van der Waals surface area contributed by atoms with Crippen molar-refractivity contribution in [3.05, 3.63) is 12.7 Å². The van der Waals surface area contributed by atoms with Crippen LogP contribution >= 0.6 is 0 Å². The van der Waals surface area contributed by atoms with Crippen molar-refractivity contribution in [1.29, 1.82) is 0 Å². The Hall–Kier alpha value is -1.15. The van der Waals surface area contributed by atoms with Crippen molar-refractivity contribution in [1.82, 2.24) is 10.2 Å². The maximum absolute atomic E-state index is 12.1. The normalized spacial score (nSPS) is 14.5. The minimum atomic E-state index is -1.00. The molecular formula is C13H26N2O5. The highest BCUT2D eigenvalue weighted by Crippen LogP contribution is 2.12. The number of methoxy groups -OCH3 is 1. The molecule has 0 aliphatic carbocycles. The first-order valence-corrected chi connectivity index (χ1v) is 6.38. The second kappa shape index (κ2) is 8.91. The summed E-state index contributed by atoms with van der Waals surface area (Å²) in [4.78, 5) is 13.3. The Morgan fingerprint density at radius 3 is 2.50 bits per heavy atom. The van der Waals surface area contributed by atoms with Gasteiger partial charge in [0.2, 0.25) is 0 Å². The Labute approximate surface area is 120 Å². The monoisotopic (exact) mass is 290 g/mol. The third-order valence-electron chi connectivity index (χ3n) is 2.32. The summed E-state index contributed by atoms with van der Waals surface area (Å²) in [6.07, 6.45) is -0.210. The Morgan fingerprint density at radius 2 is 2.10 bits per heavy atom. The van der Waals surface area contributed by atoms with Crippen LogP contribution in [0, 0.1) is 0 Å². The van der Waals surface area contributed by atoms with Gasteiger partial charge >= 0.3 is 6.09 Å². The Balaban J connectivity index is 4.80. The van der Waals surface area contributed by atoms with E-state index in [4.69, 9.17) is 9.47 Å². The van der Waals surface area contributed by atoms with E-state index in [0.29, 0.717) is 0 Å². The lowest BCUT2D eigenvalue weighted by Crippen LogP contribution is -2.50. The quantitative estimate of drug-likeness (QED) is 0.439. The molecule has 1 amide bonds. The third-order valence-corrected chi connectivity index (χ3v) is 2.32. The van der Waals surface area contributed by atoms with Gasteiger partial charge in [0, 0.05) is 7.11 Å². The maximum Gasteiger partial charge on any atom is 0.411 e. The van der Waals surface area contributed by atoms with Crippen LogP contribution in [0.5, 0.6) is 0 Å². The summed E-state index contributed by atoms with van der Waals surface area (Å²) in [5, 5.41) is 21.7. The van der Waals surface area contributed by atoms with Crippen molar-refractivity contribution in [3.63, 3.8) is 0 Å². The molecule has 20 heavy (non-hydrogen) atoms. The maximum atomic E-state index is 12.1. The predicted octanol–water partition coefficient (Wildman–Crippen LogP) is 0.282. The van der Waals surface area contributed by atoms with Gasteiger partial charge in [0.1, 0.15) is 11.8 Å². The van der Waals surface area contributed by atoms with Gasteiger partial charge in [-0.25, -0.2) is 4.79 Å². The van der Waals surface area contributed by atoms with Crippen molar-refractivity contribution in [3.8, 4) is 0 Å². The van der Waals surface area contributed by atoms with Gasteiger partial charge < -0.3 is 19.7 Å². The number of nitrogens with one attached hydrogen (secondary N) is 1. The van der Waals surface area contributed by atoms with E-state index in [9.17, 15) is 15.0 Å². The number of aliphatic hydroxyl groups excluding tert-OH is 2. The number of aliphatic hydroxyl groups is 2. The van der Waals surface area contributed by atoms with E-state index in [-0.39, 0.29) is 19.9 Å². The molecule has 0 spiro atoms. The second-order valence-electron chi connectivity index (χ2n) is 5.27. The van der Waals surface area contributed by atoms with Crippen LogP contribution in [-0.4, -0.2) is 66.1 Å². The Kier molecular flexibility index (Phi) is 8.40. The van der Waals surface area contributed by atoms with Crippen LogP contribution in [0.4, 0.5) is 4.79 Å². The topological polar surface area (TPSA) is 91.3 Å². The molecule has 7 heteroatoms. The molecule has 0 fully saturated rings. The number of rotatable bonds is 8. The van der Waals surface area contributed by atoms with Crippen molar-refractivity contribution < 1.29 is 24.5 Å². The lowest BCUT2D eigenvalue weighted by atomic mass is 10.2. The predicted molar refractivity (Wildman–Crippen MR) is 75.0 cm³/mol. The molecule has 0 bridgehead atoms.